The van der Waals surface area contributed by atoms with Crippen molar-refractivity contribution >= 4 is 11.9 Å². The van der Waals surface area contributed by atoms with Crippen molar-refractivity contribution in [1.82, 2.24) is 0 Å². The van der Waals surface area contributed by atoms with E-state index in [0.717, 1.165) is 0 Å². The molecule has 162 valence electrons. The van der Waals surface area contributed by atoms with E-state index in [4.69, 9.17) is 18.9 Å². The predicted molar refractivity (Wildman–Crippen MR) is 110 cm³/mol. The first-order valence-corrected chi connectivity index (χ1v) is 10.0. The van der Waals surface area contributed by atoms with Crippen LogP contribution in [0.25, 0.3) is 0 Å². The van der Waals surface area contributed by atoms with Crippen LogP contribution in [0.4, 0.5) is 0 Å². The summed E-state index contributed by atoms with van der Waals surface area (Å²) in [7, 11) is 0. The van der Waals surface area contributed by atoms with Crippen molar-refractivity contribution in [3.8, 4) is 0 Å². The minimum atomic E-state index is -1.43. The van der Waals surface area contributed by atoms with Gasteiger partial charge in [0, 0.05) is 0 Å². The minimum Gasteiger partial charge on any atom is -0.452 e. The van der Waals surface area contributed by atoms with Crippen LogP contribution in [0.2, 0.25) is 0 Å². The zero-order valence-electron chi connectivity index (χ0n) is 17.3. The third kappa shape index (κ3) is 4.25. The lowest BCUT2D eigenvalue weighted by Gasteiger charge is -2.42. The van der Waals surface area contributed by atoms with E-state index < -0.39 is 41.6 Å². The Morgan fingerprint density at radius 1 is 0.903 bits per heavy atom. The molecule has 2 aromatic rings. The fourth-order valence-electron chi connectivity index (χ4n) is 3.78. The van der Waals surface area contributed by atoms with E-state index in [1.807, 2.05) is 0 Å². The number of ether oxygens (including phenoxy) is 4. The Balaban J connectivity index is 1.59. The van der Waals surface area contributed by atoms with Crippen LogP contribution in [0.3, 0.4) is 0 Å². The molecule has 1 aliphatic heterocycles. The van der Waals surface area contributed by atoms with E-state index in [0.29, 0.717) is 11.1 Å². The highest BCUT2D eigenvalue weighted by atomic mass is 16.8. The molecule has 0 amide bonds. The number of aliphatic hydroxyl groups excluding tert-OH is 1. The summed E-state index contributed by atoms with van der Waals surface area (Å²) in [5.74, 6) is -2.16. The molecule has 1 fully saturated rings. The van der Waals surface area contributed by atoms with Crippen LogP contribution in [0.1, 0.15) is 34.6 Å². The van der Waals surface area contributed by atoms with Gasteiger partial charge >= 0.3 is 11.9 Å². The Morgan fingerprint density at radius 3 is 1.97 bits per heavy atom. The summed E-state index contributed by atoms with van der Waals surface area (Å²) in [6.07, 6.45) is -0.184. The molecule has 0 aromatic heterocycles. The lowest BCUT2D eigenvalue weighted by atomic mass is 9.82. The quantitative estimate of drug-likeness (QED) is 0.596. The molecule has 1 saturated heterocycles. The van der Waals surface area contributed by atoms with Crippen LogP contribution in [0, 0.1) is 0 Å². The van der Waals surface area contributed by atoms with E-state index in [1.54, 1.807) is 80.6 Å². The van der Waals surface area contributed by atoms with Gasteiger partial charge in [-0.05, 0) is 50.3 Å². The maximum atomic E-state index is 12.6. The Morgan fingerprint density at radius 2 is 1.45 bits per heavy atom. The molecule has 0 bridgehead atoms. The minimum absolute atomic E-state index is 0.0440. The average molecular weight is 424 g/mol. The van der Waals surface area contributed by atoms with E-state index in [9.17, 15) is 14.7 Å². The molecule has 1 N–H and O–H groups in total. The summed E-state index contributed by atoms with van der Waals surface area (Å²) in [6, 6.07) is 17.0. The van der Waals surface area contributed by atoms with Crippen molar-refractivity contribution in [2.45, 2.75) is 43.5 Å². The highest BCUT2D eigenvalue weighted by molar-refractivity contribution is 5.90. The van der Waals surface area contributed by atoms with Crippen LogP contribution in [0.15, 0.2) is 72.8 Å². The first-order valence-electron chi connectivity index (χ1n) is 10.0. The van der Waals surface area contributed by atoms with Crippen molar-refractivity contribution in [1.29, 1.82) is 0 Å². The van der Waals surface area contributed by atoms with Gasteiger partial charge in [-0.3, -0.25) is 0 Å². The second-order valence-corrected chi connectivity index (χ2v) is 8.00. The smallest absolute Gasteiger partial charge is 0.338 e. The Labute approximate surface area is 180 Å². The van der Waals surface area contributed by atoms with Gasteiger partial charge in [0.15, 0.2) is 17.5 Å². The van der Waals surface area contributed by atoms with Crippen molar-refractivity contribution < 1.29 is 33.6 Å². The molecule has 2 aliphatic rings. The second kappa shape index (κ2) is 8.26. The van der Waals surface area contributed by atoms with Gasteiger partial charge in [-0.2, -0.15) is 0 Å². The fraction of sp³-hybridized carbons (Fsp3) is 0.333. The third-order valence-electron chi connectivity index (χ3n) is 5.35. The summed E-state index contributed by atoms with van der Waals surface area (Å²) in [5.41, 5.74) is -0.695. The molecule has 0 radical (unpaired) electrons. The Bertz CT molecular complexity index is 970. The number of benzene rings is 2. The molecule has 1 spiro atoms. The van der Waals surface area contributed by atoms with Crippen LogP contribution in [0.5, 0.6) is 0 Å². The normalized spacial score (nSPS) is 28.9. The molecular formula is C24H24O7. The molecule has 7 heteroatoms. The lowest BCUT2D eigenvalue weighted by molar-refractivity contribution is -0.220. The molecule has 4 atom stereocenters. The van der Waals surface area contributed by atoms with Gasteiger partial charge in [0.05, 0.1) is 17.7 Å². The average Bonchev–Trinajstić information content (AvgIpc) is 3.11. The molecule has 2 aromatic carbocycles. The third-order valence-corrected chi connectivity index (χ3v) is 5.35. The van der Waals surface area contributed by atoms with Gasteiger partial charge in [-0.25, -0.2) is 9.59 Å². The van der Waals surface area contributed by atoms with Crippen molar-refractivity contribution in [3.63, 3.8) is 0 Å². The van der Waals surface area contributed by atoms with E-state index in [2.05, 4.69) is 0 Å². The van der Waals surface area contributed by atoms with Gasteiger partial charge in [0.25, 0.3) is 0 Å². The summed E-state index contributed by atoms with van der Waals surface area (Å²) in [5, 5.41) is 11.2. The van der Waals surface area contributed by atoms with Crippen LogP contribution >= 0.6 is 0 Å². The molecule has 1 heterocycles. The fourth-order valence-corrected chi connectivity index (χ4v) is 3.78. The zero-order chi connectivity index (χ0) is 22.1. The first kappa shape index (κ1) is 21.2. The predicted octanol–water partition coefficient (Wildman–Crippen LogP) is 2.89. The molecule has 7 nitrogen and oxygen atoms in total. The van der Waals surface area contributed by atoms with E-state index in [-0.39, 0.29) is 6.61 Å². The topological polar surface area (TPSA) is 91.3 Å². The maximum absolute atomic E-state index is 12.6. The number of aliphatic hydroxyl groups is 1. The molecule has 31 heavy (non-hydrogen) atoms. The van der Waals surface area contributed by atoms with E-state index >= 15 is 0 Å². The van der Waals surface area contributed by atoms with Crippen molar-refractivity contribution in [3.05, 3.63) is 83.9 Å². The number of hydrogen-bond donors (Lipinski definition) is 1. The summed E-state index contributed by atoms with van der Waals surface area (Å²) < 4.78 is 23.0. The summed E-state index contributed by atoms with van der Waals surface area (Å²) >= 11 is 0. The van der Waals surface area contributed by atoms with Crippen molar-refractivity contribution in [2.75, 3.05) is 6.61 Å². The number of esters is 2. The van der Waals surface area contributed by atoms with Gasteiger partial charge in [0.2, 0.25) is 0 Å². The number of carbonyl (C=O) groups excluding carboxylic acids is 2. The lowest BCUT2D eigenvalue weighted by Crippen LogP contribution is -2.62. The molecular weight excluding hydrogens is 400 g/mol. The number of carbonyl (C=O) groups is 2. The van der Waals surface area contributed by atoms with Crippen LogP contribution < -0.4 is 0 Å². The van der Waals surface area contributed by atoms with Gasteiger partial charge in [-0.1, -0.05) is 36.4 Å². The maximum Gasteiger partial charge on any atom is 0.338 e. The SMILES string of the molecule is CC1(C)OC[C@]2(O1)[C@H](OC(=O)c1ccccc1)C=C[C@@H](OC(=O)c1ccccc1)[C@@H]2O. The van der Waals surface area contributed by atoms with Gasteiger partial charge in [0.1, 0.15) is 12.2 Å². The highest BCUT2D eigenvalue weighted by Crippen LogP contribution is 2.42. The Hall–Kier alpha value is -3.00. The Kier molecular flexibility index (Phi) is 5.66. The largest absolute Gasteiger partial charge is 0.452 e. The van der Waals surface area contributed by atoms with Crippen LogP contribution in [-0.2, 0) is 18.9 Å². The molecule has 4 rings (SSSR count). The zero-order valence-corrected chi connectivity index (χ0v) is 17.3. The van der Waals surface area contributed by atoms with Gasteiger partial charge < -0.3 is 24.1 Å². The highest BCUT2D eigenvalue weighted by Gasteiger charge is 2.60. The number of rotatable bonds is 4. The van der Waals surface area contributed by atoms with Gasteiger partial charge in [-0.15, -0.1) is 0 Å². The van der Waals surface area contributed by atoms with Crippen LogP contribution in [-0.4, -0.2) is 53.4 Å². The number of hydrogen-bond acceptors (Lipinski definition) is 7. The molecule has 0 saturated carbocycles. The second-order valence-electron chi connectivity index (χ2n) is 8.00. The van der Waals surface area contributed by atoms with Crippen molar-refractivity contribution in [2.24, 2.45) is 0 Å². The monoisotopic (exact) mass is 424 g/mol. The standard InChI is InChI=1S/C24H24O7/c1-23(2)28-15-24(31-23)19(30-22(27)17-11-7-4-8-12-17)14-13-18(20(24)25)29-21(26)16-9-5-3-6-10-16/h3-14,18-20,25H,15H2,1-2H3/t18-,19-,20+,24+/m1/s1. The van der Waals surface area contributed by atoms with E-state index in [1.165, 1.54) is 6.08 Å². The first-order chi connectivity index (χ1) is 14.8. The molecule has 0 unspecified atom stereocenters. The summed E-state index contributed by atoms with van der Waals surface area (Å²) in [4.78, 5) is 25.2. The summed E-state index contributed by atoms with van der Waals surface area (Å²) in [6.45, 7) is 3.36. The molecule has 1 aliphatic carbocycles.